The fourth-order valence-corrected chi connectivity index (χ4v) is 2.67. The van der Waals surface area contributed by atoms with E-state index >= 15 is 0 Å². The summed E-state index contributed by atoms with van der Waals surface area (Å²) < 4.78 is 10.9. The molecule has 5 heteroatoms. The van der Waals surface area contributed by atoms with Crippen LogP contribution in [0.2, 0.25) is 0 Å². The molecular weight excluding hydrogens is 296 g/mol. The van der Waals surface area contributed by atoms with Crippen LogP contribution in [0.3, 0.4) is 0 Å². The molecule has 5 nitrogen and oxygen atoms in total. The topological polar surface area (TPSA) is 79.2 Å². The lowest BCUT2D eigenvalue weighted by molar-refractivity contribution is -0.208. The third-order valence-corrected chi connectivity index (χ3v) is 4.25. The van der Waals surface area contributed by atoms with Gasteiger partial charge >= 0.3 is 0 Å². The van der Waals surface area contributed by atoms with Crippen molar-refractivity contribution in [2.24, 2.45) is 0 Å². The van der Waals surface area contributed by atoms with Gasteiger partial charge in [-0.25, -0.2) is 0 Å². The fraction of sp³-hybridized carbons (Fsp3) is 0.889. The molecule has 0 bridgehead atoms. The molecule has 1 saturated heterocycles. The third-order valence-electron chi connectivity index (χ3n) is 4.25. The maximum Gasteiger partial charge on any atom is 0.111 e. The summed E-state index contributed by atoms with van der Waals surface area (Å²) >= 11 is 0. The van der Waals surface area contributed by atoms with Crippen molar-refractivity contribution in [3.05, 3.63) is 12.2 Å². The average molecular weight is 330 g/mol. The third kappa shape index (κ3) is 8.27. The highest BCUT2D eigenvalue weighted by atomic mass is 16.6. The Morgan fingerprint density at radius 1 is 1.00 bits per heavy atom. The molecule has 0 radical (unpaired) electrons. The molecule has 3 N–H and O–H groups in total. The Morgan fingerprint density at radius 3 is 2.39 bits per heavy atom. The maximum atomic E-state index is 9.93. The van der Waals surface area contributed by atoms with Gasteiger partial charge in [-0.1, -0.05) is 44.8 Å². The minimum Gasteiger partial charge on any atom is -0.394 e. The van der Waals surface area contributed by atoms with Crippen LogP contribution in [0.5, 0.6) is 0 Å². The first-order chi connectivity index (χ1) is 11.2. The quantitative estimate of drug-likeness (QED) is 0.377. The predicted octanol–water partition coefficient (Wildman–Crippen LogP) is 2.18. The van der Waals surface area contributed by atoms with E-state index in [1.54, 1.807) is 0 Å². The van der Waals surface area contributed by atoms with Gasteiger partial charge in [-0.3, -0.25) is 0 Å². The summed E-state index contributed by atoms with van der Waals surface area (Å²) in [5.41, 5.74) is 0. The molecule has 1 aliphatic rings. The Hall–Kier alpha value is -0.460. The number of hydrogen-bond acceptors (Lipinski definition) is 5. The lowest BCUT2D eigenvalue weighted by Gasteiger charge is -2.36. The highest BCUT2D eigenvalue weighted by molar-refractivity contribution is 4.87. The van der Waals surface area contributed by atoms with Crippen LogP contribution in [0.4, 0.5) is 0 Å². The number of aliphatic hydroxyl groups excluding tert-OH is 3. The van der Waals surface area contributed by atoms with Crippen molar-refractivity contribution in [1.29, 1.82) is 0 Å². The molecule has 0 amide bonds. The number of hydrogen-bond donors (Lipinski definition) is 3. The number of unbranched alkanes of at least 4 members (excludes halogenated alkanes) is 6. The van der Waals surface area contributed by atoms with Gasteiger partial charge in [0.15, 0.2) is 0 Å². The van der Waals surface area contributed by atoms with Crippen LogP contribution in [-0.2, 0) is 9.47 Å². The van der Waals surface area contributed by atoms with Crippen LogP contribution in [-0.4, -0.2) is 59.6 Å². The zero-order valence-corrected chi connectivity index (χ0v) is 14.4. The first kappa shape index (κ1) is 20.6. The minimum atomic E-state index is -1.08. The molecule has 0 saturated carbocycles. The molecule has 1 heterocycles. The van der Waals surface area contributed by atoms with Gasteiger partial charge in [-0.05, 0) is 25.7 Å². The minimum absolute atomic E-state index is 0.214. The van der Waals surface area contributed by atoms with E-state index in [1.807, 2.05) is 0 Å². The van der Waals surface area contributed by atoms with Crippen LogP contribution >= 0.6 is 0 Å². The highest BCUT2D eigenvalue weighted by Gasteiger charge is 2.38. The number of rotatable bonds is 12. The average Bonchev–Trinajstić information content (AvgIpc) is 2.56. The molecule has 0 aromatic heterocycles. The van der Waals surface area contributed by atoms with Crippen molar-refractivity contribution in [1.82, 2.24) is 0 Å². The molecule has 4 atom stereocenters. The summed E-state index contributed by atoms with van der Waals surface area (Å²) in [6.45, 7) is 2.69. The van der Waals surface area contributed by atoms with Crippen molar-refractivity contribution < 1.29 is 24.8 Å². The van der Waals surface area contributed by atoms with E-state index in [2.05, 4.69) is 19.1 Å². The summed E-state index contributed by atoms with van der Waals surface area (Å²) in [6, 6.07) is 0. The van der Waals surface area contributed by atoms with Gasteiger partial charge in [0, 0.05) is 6.61 Å². The molecule has 1 rings (SSSR count). The van der Waals surface area contributed by atoms with Gasteiger partial charge in [-0.15, -0.1) is 0 Å². The van der Waals surface area contributed by atoms with Crippen LogP contribution < -0.4 is 0 Å². The van der Waals surface area contributed by atoms with E-state index < -0.39 is 24.4 Å². The van der Waals surface area contributed by atoms with Gasteiger partial charge in [0.05, 0.1) is 13.2 Å². The Labute approximate surface area is 140 Å². The summed E-state index contributed by atoms with van der Waals surface area (Å²) in [7, 11) is 0. The lowest BCUT2D eigenvalue weighted by atomic mass is 10.0. The van der Waals surface area contributed by atoms with Crippen LogP contribution in [0.1, 0.15) is 58.3 Å². The van der Waals surface area contributed by atoms with E-state index in [4.69, 9.17) is 14.6 Å². The van der Waals surface area contributed by atoms with E-state index in [0.717, 1.165) is 19.3 Å². The molecule has 23 heavy (non-hydrogen) atoms. The molecule has 0 spiro atoms. The Kier molecular flexibility index (Phi) is 11.5. The Balaban J connectivity index is 1.98. The van der Waals surface area contributed by atoms with Gasteiger partial charge in [0.1, 0.15) is 24.4 Å². The van der Waals surface area contributed by atoms with Gasteiger partial charge in [0.25, 0.3) is 0 Å². The summed E-state index contributed by atoms with van der Waals surface area (Å²) in [5.74, 6) is 0. The zero-order chi connectivity index (χ0) is 16.9. The largest absolute Gasteiger partial charge is 0.394 e. The summed E-state index contributed by atoms with van der Waals surface area (Å²) in [6.07, 6.45) is 10.6. The molecular formula is C18H34O5. The second kappa shape index (κ2) is 12.9. The highest BCUT2D eigenvalue weighted by Crippen LogP contribution is 2.18. The molecule has 1 aliphatic heterocycles. The zero-order valence-electron chi connectivity index (χ0n) is 14.4. The second-order valence-corrected chi connectivity index (χ2v) is 6.26. The van der Waals surface area contributed by atoms with Crippen LogP contribution in [0.15, 0.2) is 12.2 Å². The van der Waals surface area contributed by atoms with E-state index in [0.29, 0.717) is 6.61 Å². The van der Waals surface area contributed by atoms with Crippen molar-refractivity contribution in [2.75, 3.05) is 19.8 Å². The van der Waals surface area contributed by atoms with Crippen molar-refractivity contribution in [2.45, 2.75) is 82.7 Å². The van der Waals surface area contributed by atoms with E-state index in [-0.39, 0.29) is 13.2 Å². The van der Waals surface area contributed by atoms with Crippen LogP contribution in [0, 0.1) is 0 Å². The SMILES string of the molecule is CCCC/C=C/CCCCCCO[C@@H]1CO[C@@H](CO)[C@H](O)[C@H]1O. The van der Waals surface area contributed by atoms with Gasteiger partial charge < -0.3 is 24.8 Å². The van der Waals surface area contributed by atoms with Crippen molar-refractivity contribution in [3.8, 4) is 0 Å². The number of aliphatic hydroxyl groups is 3. The molecule has 0 aromatic carbocycles. The summed E-state index contributed by atoms with van der Waals surface area (Å²) in [5, 5.41) is 28.7. The monoisotopic (exact) mass is 330 g/mol. The Morgan fingerprint density at radius 2 is 1.70 bits per heavy atom. The predicted molar refractivity (Wildman–Crippen MR) is 90.3 cm³/mol. The van der Waals surface area contributed by atoms with Gasteiger partial charge in [-0.2, -0.15) is 0 Å². The molecule has 0 unspecified atom stereocenters. The summed E-state index contributed by atoms with van der Waals surface area (Å²) in [4.78, 5) is 0. The Bertz CT molecular complexity index is 308. The first-order valence-electron chi connectivity index (χ1n) is 9.05. The molecule has 0 aliphatic carbocycles. The smallest absolute Gasteiger partial charge is 0.111 e. The fourth-order valence-electron chi connectivity index (χ4n) is 2.67. The lowest BCUT2D eigenvalue weighted by Crippen LogP contribution is -2.55. The normalized spacial score (nSPS) is 28.5. The first-order valence-corrected chi connectivity index (χ1v) is 9.05. The maximum absolute atomic E-state index is 9.93. The standard InChI is InChI=1S/C18H34O5/c1-2-3-4-5-6-7-8-9-10-11-12-22-16-14-23-15(13-19)17(20)18(16)21/h5-6,15-21H,2-4,7-14H2,1H3/b6-5+/t15-,16+,17-,18-/m0/s1. The van der Waals surface area contributed by atoms with Crippen molar-refractivity contribution >= 4 is 0 Å². The molecule has 136 valence electrons. The van der Waals surface area contributed by atoms with E-state index in [1.165, 1.54) is 32.1 Å². The van der Waals surface area contributed by atoms with Crippen molar-refractivity contribution in [3.63, 3.8) is 0 Å². The molecule has 0 aromatic rings. The number of allylic oxidation sites excluding steroid dienone is 2. The van der Waals surface area contributed by atoms with Crippen LogP contribution in [0.25, 0.3) is 0 Å². The second-order valence-electron chi connectivity index (χ2n) is 6.26. The van der Waals surface area contributed by atoms with E-state index in [9.17, 15) is 10.2 Å². The van der Waals surface area contributed by atoms with Gasteiger partial charge in [0.2, 0.25) is 0 Å². The molecule has 1 fully saturated rings. The number of ether oxygens (including phenoxy) is 2.